The molecule has 90 valence electrons. The normalized spacial score (nSPS) is 12.4. The quantitative estimate of drug-likeness (QED) is 0.858. The van der Waals surface area contributed by atoms with Gasteiger partial charge >= 0.3 is 0 Å². The van der Waals surface area contributed by atoms with E-state index in [1.54, 1.807) is 12.5 Å². The number of rotatable bonds is 5. The van der Waals surface area contributed by atoms with Crippen LogP contribution in [-0.4, -0.2) is 21.1 Å². The third-order valence-corrected chi connectivity index (χ3v) is 2.87. The van der Waals surface area contributed by atoms with Crippen molar-refractivity contribution in [2.24, 2.45) is 5.92 Å². The Bertz CT molecular complexity index is 433. The van der Waals surface area contributed by atoms with Crippen LogP contribution >= 0.6 is 0 Å². The Balaban J connectivity index is 1.99. The zero-order chi connectivity index (χ0) is 12.1. The SMILES string of the molecule is CCC(C)CNc1ccc(-n2ccnc2)nc1. The molecule has 1 unspecified atom stereocenters. The Hall–Kier alpha value is -1.84. The van der Waals surface area contributed by atoms with Gasteiger partial charge in [0, 0.05) is 18.9 Å². The molecule has 0 fully saturated rings. The van der Waals surface area contributed by atoms with E-state index in [0.717, 1.165) is 18.1 Å². The standard InChI is InChI=1S/C13H18N4/c1-3-11(2)8-15-12-4-5-13(16-9-12)17-7-6-14-10-17/h4-7,9-11,15H,3,8H2,1-2H3. The van der Waals surface area contributed by atoms with Gasteiger partial charge in [-0.25, -0.2) is 9.97 Å². The Morgan fingerprint density at radius 3 is 2.88 bits per heavy atom. The van der Waals surface area contributed by atoms with E-state index in [4.69, 9.17) is 0 Å². The Labute approximate surface area is 102 Å². The molecule has 0 aliphatic heterocycles. The lowest BCUT2D eigenvalue weighted by atomic mass is 10.1. The van der Waals surface area contributed by atoms with Crippen molar-refractivity contribution >= 4 is 5.69 Å². The topological polar surface area (TPSA) is 42.7 Å². The summed E-state index contributed by atoms with van der Waals surface area (Å²) >= 11 is 0. The summed E-state index contributed by atoms with van der Waals surface area (Å²) in [6.07, 6.45) is 8.42. The number of hydrogen-bond donors (Lipinski definition) is 1. The average molecular weight is 230 g/mol. The molecular weight excluding hydrogens is 212 g/mol. The third-order valence-electron chi connectivity index (χ3n) is 2.87. The molecule has 0 aliphatic rings. The van der Waals surface area contributed by atoms with Crippen LogP contribution in [0.4, 0.5) is 5.69 Å². The Morgan fingerprint density at radius 2 is 2.29 bits per heavy atom. The van der Waals surface area contributed by atoms with Crippen LogP contribution < -0.4 is 5.32 Å². The van der Waals surface area contributed by atoms with Crippen LogP contribution in [0.5, 0.6) is 0 Å². The van der Waals surface area contributed by atoms with Crippen LogP contribution in [0.2, 0.25) is 0 Å². The van der Waals surface area contributed by atoms with E-state index in [1.165, 1.54) is 6.42 Å². The lowest BCUT2D eigenvalue weighted by Gasteiger charge is -2.11. The lowest BCUT2D eigenvalue weighted by molar-refractivity contribution is 0.593. The van der Waals surface area contributed by atoms with Crippen LogP contribution in [0.15, 0.2) is 37.1 Å². The van der Waals surface area contributed by atoms with E-state index in [1.807, 2.05) is 29.1 Å². The highest BCUT2D eigenvalue weighted by Gasteiger charge is 2.00. The number of aromatic nitrogens is 3. The Morgan fingerprint density at radius 1 is 1.41 bits per heavy atom. The van der Waals surface area contributed by atoms with Gasteiger partial charge in [0.1, 0.15) is 12.1 Å². The van der Waals surface area contributed by atoms with Crippen molar-refractivity contribution in [3.05, 3.63) is 37.1 Å². The second-order valence-electron chi connectivity index (χ2n) is 4.27. The zero-order valence-electron chi connectivity index (χ0n) is 10.3. The highest BCUT2D eigenvalue weighted by atomic mass is 15.1. The Kier molecular flexibility index (Phi) is 3.75. The minimum atomic E-state index is 0.684. The highest BCUT2D eigenvalue weighted by Crippen LogP contribution is 2.10. The van der Waals surface area contributed by atoms with E-state index < -0.39 is 0 Å². The maximum atomic E-state index is 4.39. The fraction of sp³-hybridized carbons (Fsp3) is 0.385. The summed E-state index contributed by atoms with van der Waals surface area (Å²) < 4.78 is 1.89. The second kappa shape index (κ2) is 5.48. The van der Waals surface area contributed by atoms with Crippen LogP contribution in [0.1, 0.15) is 20.3 Å². The highest BCUT2D eigenvalue weighted by molar-refractivity contribution is 5.43. The second-order valence-corrected chi connectivity index (χ2v) is 4.27. The van der Waals surface area contributed by atoms with Gasteiger partial charge in [0.05, 0.1) is 11.9 Å². The first-order valence-electron chi connectivity index (χ1n) is 5.98. The van der Waals surface area contributed by atoms with Gasteiger partial charge in [-0.1, -0.05) is 20.3 Å². The van der Waals surface area contributed by atoms with Gasteiger partial charge in [0.2, 0.25) is 0 Å². The molecule has 0 radical (unpaired) electrons. The molecule has 2 aromatic heterocycles. The van der Waals surface area contributed by atoms with Crippen LogP contribution in [0, 0.1) is 5.92 Å². The molecule has 0 saturated heterocycles. The van der Waals surface area contributed by atoms with Gasteiger partial charge in [-0.2, -0.15) is 0 Å². The first kappa shape index (κ1) is 11.6. The molecule has 0 aliphatic carbocycles. The number of hydrogen-bond acceptors (Lipinski definition) is 3. The van der Waals surface area contributed by atoms with Gasteiger partial charge in [0.15, 0.2) is 0 Å². The maximum Gasteiger partial charge on any atom is 0.137 e. The van der Waals surface area contributed by atoms with E-state index in [0.29, 0.717) is 5.92 Å². The molecule has 4 nitrogen and oxygen atoms in total. The molecule has 4 heteroatoms. The fourth-order valence-electron chi connectivity index (χ4n) is 1.47. The van der Waals surface area contributed by atoms with Crippen molar-refractivity contribution < 1.29 is 0 Å². The van der Waals surface area contributed by atoms with Crippen molar-refractivity contribution in [2.45, 2.75) is 20.3 Å². The predicted octanol–water partition coefficient (Wildman–Crippen LogP) is 2.73. The molecule has 1 N–H and O–H groups in total. The van der Waals surface area contributed by atoms with Crippen LogP contribution in [0.3, 0.4) is 0 Å². The molecular formula is C13H18N4. The number of anilines is 1. The number of nitrogens with zero attached hydrogens (tertiary/aromatic N) is 3. The first-order valence-corrected chi connectivity index (χ1v) is 5.98. The summed E-state index contributed by atoms with van der Waals surface area (Å²) in [6.45, 7) is 5.43. The molecule has 2 heterocycles. The van der Waals surface area contributed by atoms with Gasteiger partial charge in [-0.15, -0.1) is 0 Å². The van der Waals surface area contributed by atoms with Gasteiger partial charge in [0.25, 0.3) is 0 Å². The van der Waals surface area contributed by atoms with Crippen LogP contribution in [0.25, 0.3) is 5.82 Å². The summed E-state index contributed by atoms with van der Waals surface area (Å²) in [5.74, 6) is 1.57. The summed E-state index contributed by atoms with van der Waals surface area (Å²) in [7, 11) is 0. The van der Waals surface area contributed by atoms with E-state index >= 15 is 0 Å². The minimum absolute atomic E-state index is 0.684. The van der Waals surface area contributed by atoms with Gasteiger partial charge in [-0.05, 0) is 18.1 Å². The molecule has 2 rings (SSSR count). The molecule has 0 bridgehead atoms. The summed E-state index contributed by atoms with van der Waals surface area (Å²) in [5, 5.41) is 3.38. The minimum Gasteiger partial charge on any atom is -0.384 e. The van der Waals surface area contributed by atoms with Gasteiger partial charge < -0.3 is 5.32 Å². The third kappa shape index (κ3) is 3.06. The summed E-state index contributed by atoms with van der Waals surface area (Å²) in [6, 6.07) is 4.03. The average Bonchev–Trinajstić information content (AvgIpc) is 2.90. The van der Waals surface area contributed by atoms with Crippen molar-refractivity contribution in [1.82, 2.24) is 14.5 Å². The molecule has 0 amide bonds. The monoisotopic (exact) mass is 230 g/mol. The lowest BCUT2D eigenvalue weighted by Crippen LogP contribution is -2.10. The molecule has 1 atom stereocenters. The van der Waals surface area contributed by atoms with Gasteiger partial charge in [-0.3, -0.25) is 4.57 Å². The van der Waals surface area contributed by atoms with Crippen LogP contribution in [-0.2, 0) is 0 Å². The van der Waals surface area contributed by atoms with Crippen molar-refractivity contribution in [3.8, 4) is 5.82 Å². The molecule has 0 aromatic carbocycles. The summed E-state index contributed by atoms with van der Waals surface area (Å²) in [4.78, 5) is 8.38. The fourth-order valence-corrected chi connectivity index (χ4v) is 1.47. The number of pyridine rings is 1. The summed E-state index contributed by atoms with van der Waals surface area (Å²) in [5.41, 5.74) is 1.06. The predicted molar refractivity (Wildman–Crippen MR) is 69.3 cm³/mol. The smallest absolute Gasteiger partial charge is 0.137 e. The number of nitrogens with one attached hydrogen (secondary N) is 1. The van der Waals surface area contributed by atoms with Crippen molar-refractivity contribution in [1.29, 1.82) is 0 Å². The van der Waals surface area contributed by atoms with Crippen molar-refractivity contribution in [3.63, 3.8) is 0 Å². The van der Waals surface area contributed by atoms with Crippen molar-refractivity contribution in [2.75, 3.05) is 11.9 Å². The zero-order valence-corrected chi connectivity index (χ0v) is 10.3. The van der Waals surface area contributed by atoms with E-state index in [-0.39, 0.29) is 0 Å². The van der Waals surface area contributed by atoms with E-state index in [2.05, 4.69) is 29.1 Å². The molecule has 0 spiro atoms. The molecule has 2 aromatic rings. The maximum absolute atomic E-state index is 4.39. The number of imidazole rings is 1. The van der Waals surface area contributed by atoms with E-state index in [9.17, 15) is 0 Å². The first-order chi connectivity index (χ1) is 8.29. The largest absolute Gasteiger partial charge is 0.384 e. The molecule has 0 saturated carbocycles. The molecule has 17 heavy (non-hydrogen) atoms.